The van der Waals surface area contributed by atoms with Gasteiger partial charge in [-0.25, -0.2) is 18.5 Å². The van der Waals surface area contributed by atoms with E-state index in [4.69, 9.17) is 9.56 Å². The summed E-state index contributed by atoms with van der Waals surface area (Å²) in [5.41, 5.74) is 2.72. The summed E-state index contributed by atoms with van der Waals surface area (Å²) >= 11 is 1.27. The van der Waals surface area contributed by atoms with E-state index in [-0.39, 0.29) is 18.3 Å². The summed E-state index contributed by atoms with van der Waals surface area (Å²) in [4.78, 5) is 4.64. The standard InChI is InChI=1S/C22H23N5O5S3/c23-35(30,31)24-13-19-26-27-21(32-19)20(34(28,29)16-8-4-5-9-16)22-25-17-11-10-15(12-18(17)33-22)14-6-2-1-3-7-14/h1-3,6-7,10-12,16,20,24H,4-5,8-9,13H2,(H2,23,30,31). The van der Waals surface area contributed by atoms with Crippen LogP contribution in [0.15, 0.2) is 52.9 Å². The number of fused-ring (bicyclic) bond motifs is 1. The minimum absolute atomic E-state index is 0.0897. The molecule has 1 atom stereocenters. The van der Waals surface area contributed by atoms with Crippen molar-refractivity contribution < 1.29 is 21.3 Å². The van der Waals surface area contributed by atoms with Crippen LogP contribution in [-0.2, 0) is 26.6 Å². The highest BCUT2D eigenvalue weighted by atomic mass is 32.2. The van der Waals surface area contributed by atoms with Crippen molar-refractivity contribution in [2.75, 3.05) is 0 Å². The van der Waals surface area contributed by atoms with Crippen molar-refractivity contribution in [1.82, 2.24) is 19.9 Å². The van der Waals surface area contributed by atoms with Crippen molar-refractivity contribution in [3.8, 4) is 11.1 Å². The Morgan fingerprint density at radius 1 is 1.03 bits per heavy atom. The van der Waals surface area contributed by atoms with E-state index in [0.717, 1.165) is 28.7 Å². The maximum absolute atomic E-state index is 13.7. The average Bonchev–Trinajstić information content (AvgIpc) is 3.58. The molecular formula is C22H23N5O5S3. The van der Waals surface area contributed by atoms with Crippen LogP contribution in [0.1, 0.15) is 47.7 Å². The number of aromatic nitrogens is 3. The van der Waals surface area contributed by atoms with Gasteiger partial charge in [-0.2, -0.15) is 13.1 Å². The van der Waals surface area contributed by atoms with Gasteiger partial charge in [-0.3, -0.25) is 0 Å². The highest BCUT2D eigenvalue weighted by Gasteiger charge is 2.42. The van der Waals surface area contributed by atoms with Gasteiger partial charge in [0.1, 0.15) is 5.01 Å². The first kappa shape index (κ1) is 24.0. The van der Waals surface area contributed by atoms with Crippen LogP contribution in [-0.4, -0.2) is 37.3 Å². The van der Waals surface area contributed by atoms with Gasteiger partial charge < -0.3 is 4.42 Å². The van der Waals surface area contributed by atoms with Gasteiger partial charge in [0, 0.05) is 0 Å². The van der Waals surface area contributed by atoms with E-state index in [0.29, 0.717) is 23.4 Å². The number of sulfone groups is 1. The Morgan fingerprint density at radius 2 is 1.77 bits per heavy atom. The molecule has 0 amide bonds. The first-order valence-corrected chi connectivity index (χ1v) is 15.0. The lowest BCUT2D eigenvalue weighted by Crippen LogP contribution is -2.30. The van der Waals surface area contributed by atoms with Gasteiger partial charge in [0.2, 0.25) is 11.8 Å². The third kappa shape index (κ3) is 5.14. The molecule has 3 N–H and O–H groups in total. The van der Waals surface area contributed by atoms with Crippen LogP contribution in [0.3, 0.4) is 0 Å². The molecule has 0 bridgehead atoms. The lowest BCUT2D eigenvalue weighted by molar-refractivity contribution is 0.442. The summed E-state index contributed by atoms with van der Waals surface area (Å²) in [6, 6.07) is 15.7. The molecule has 0 radical (unpaired) electrons. The summed E-state index contributed by atoms with van der Waals surface area (Å²) in [5, 5.41) is 11.3. The van der Waals surface area contributed by atoms with Gasteiger partial charge >= 0.3 is 0 Å². The molecule has 10 nitrogen and oxygen atoms in total. The minimum Gasteiger partial charge on any atom is -0.422 e. The summed E-state index contributed by atoms with van der Waals surface area (Å²) in [5.74, 6) is -0.224. The first-order valence-electron chi connectivity index (χ1n) is 11.0. The highest BCUT2D eigenvalue weighted by Crippen LogP contribution is 2.41. The Morgan fingerprint density at radius 3 is 2.49 bits per heavy atom. The largest absolute Gasteiger partial charge is 0.422 e. The van der Waals surface area contributed by atoms with Crippen molar-refractivity contribution in [1.29, 1.82) is 0 Å². The van der Waals surface area contributed by atoms with E-state index >= 15 is 0 Å². The van der Waals surface area contributed by atoms with Gasteiger partial charge in [0.05, 0.1) is 22.0 Å². The summed E-state index contributed by atoms with van der Waals surface area (Å²) < 4.78 is 58.4. The second-order valence-electron chi connectivity index (χ2n) is 8.38. The molecule has 0 saturated heterocycles. The molecule has 4 aromatic rings. The fraction of sp³-hybridized carbons (Fsp3) is 0.318. The molecule has 0 aliphatic heterocycles. The topological polar surface area (TPSA) is 158 Å². The zero-order chi connectivity index (χ0) is 24.6. The van der Waals surface area contributed by atoms with Gasteiger partial charge in [0.25, 0.3) is 10.2 Å². The maximum Gasteiger partial charge on any atom is 0.274 e. The number of thiazole rings is 1. The smallest absolute Gasteiger partial charge is 0.274 e. The van der Waals surface area contributed by atoms with Crippen LogP contribution >= 0.6 is 11.3 Å². The van der Waals surface area contributed by atoms with Gasteiger partial charge in [-0.15, -0.1) is 21.5 Å². The number of benzene rings is 2. The molecule has 1 aliphatic rings. The Bertz CT molecular complexity index is 1560. The molecule has 0 spiro atoms. The molecule has 2 heterocycles. The third-order valence-electron chi connectivity index (χ3n) is 5.96. The Balaban J connectivity index is 1.56. The van der Waals surface area contributed by atoms with Crippen LogP contribution in [0, 0.1) is 0 Å². The van der Waals surface area contributed by atoms with Gasteiger partial charge in [0.15, 0.2) is 15.1 Å². The SMILES string of the molecule is NS(=O)(=O)NCc1nnc(C(c2nc3ccc(-c4ccccc4)cc3s2)S(=O)(=O)C2CCCC2)o1. The summed E-state index contributed by atoms with van der Waals surface area (Å²) in [6.45, 7) is -0.345. The van der Waals surface area contributed by atoms with E-state index < -0.39 is 30.5 Å². The highest BCUT2D eigenvalue weighted by molar-refractivity contribution is 7.92. The number of nitrogens with two attached hydrogens (primary N) is 1. The monoisotopic (exact) mass is 533 g/mol. The number of rotatable bonds is 8. The Hall–Kier alpha value is -2.71. The Labute approximate surface area is 206 Å². The number of hydrogen-bond acceptors (Lipinski definition) is 9. The van der Waals surface area contributed by atoms with E-state index in [2.05, 4.69) is 19.9 Å². The van der Waals surface area contributed by atoms with Gasteiger partial charge in [-0.1, -0.05) is 49.2 Å². The zero-order valence-corrected chi connectivity index (χ0v) is 20.9. The fourth-order valence-electron chi connectivity index (χ4n) is 4.27. The van der Waals surface area contributed by atoms with Crippen LogP contribution in [0.2, 0.25) is 0 Å². The minimum atomic E-state index is -3.98. The molecule has 1 saturated carbocycles. The fourth-order valence-corrected chi connectivity index (χ4v) is 8.21. The molecule has 2 aromatic carbocycles. The average molecular weight is 534 g/mol. The van der Waals surface area contributed by atoms with Crippen LogP contribution in [0.5, 0.6) is 0 Å². The van der Waals surface area contributed by atoms with Crippen LogP contribution < -0.4 is 9.86 Å². The van der Waals surface area contributed by atoms with Crippen molar-refractivity contribution in [2.45, 2.75) is 42.7 Å². The van der Waals surface area contributed by atoms with E-state index in [1.165, 1.54) is 11.3 Å². The molecule has 1 unspecified atom stereocenters. The number of nitrogens with one attached hydrogen (secondary N) is 1. The van der Waals surface area contributed by atoms with E-state index in [9.17, 15) is 16.8 Å². The second-order valence-corrected chi connectivity index (χ2v) is 13.1. The summed E-state index contributed by atoms with van der Waals surface area (Å²) in [7, 11) is -7.74. The Kier molecular flexibility index (Phi) is 6.44. The predicted octanol–water partition coefficient (Wildman–Crippen LogP) is 3.09. The number of hydrogen-bond donors (Lipinski definition) is 2. The number of nitrogens with zero attached hydrogens (tertiary/aromatic N) is 3. The van der Waals surface area contributed by atoms with E-state index in [1.807, 2.05) is 48.5 Å². The zero-order valence-electron chi connectivity index (χ0n) is 18.5. The lowest BCUT2D eigenvalue weighted by atomic mass is 10.1. The molecule has 1 aliphatic carbocycles. The van der Waals surface area contributed by atoms with Crippen LogP contribution in [0.4, 0.5) is 0 Å². The third-order valence-corrected chi connectivity index (χ3v) is 10.2. The maximum atomic E-state index is 13.7. The molecular weight excluding hydrogens is 510 g/mol. The van der Waals surface area contributed by atoms with Crippen molar-refractivity contribution in [3.05, 3.63) is 65.3 Å². The van der Waals surface area contributed by atoms with E-state index in [1.54, 1.807) is 0 Å². The summed E-state index contributed by atoms with van der Waals surface area (Å²) in [6.07, 6.45) is 2.81. The predicted molar refractivity (Wildman–Crippen MR) is 132 cm³/mol. The van der Waals surface area contributed by atoms with Gasteiger partial charge in [-0.05, 0) is 36.1 Å². The molecule has 13 heteroatoms. The lowest BCUT2D eigenvalue weighted by Gasteiger charge is -2.17. The molecule has 2 aromatic heterocycles. The first-order chi connectivity index (χ1) is 16.7. The quantitative estimate of drug-likeness (QED) is 0.350. The van der Waals surface area contributed by atoms with Crippen molar-refractivity contribution in [3.63, 3.8) is 0 Å². The molecule has 5 rings (SSSR count). The second kappa shape index (κ2) is 9.39. The van der Waals surface area contributed by atoms with Crippen molar-refractivity contribution in [2.24, 2.45) is 5.14 Å². The molecule has 35 heavy (non-hydrogen) atoms. The van der Waals surface area contributed by atoms with Crippen LogP contribution in [0.25, 0.3) is 21.3 Å². The molecule has 1 fully saturated rings. The van der Waals surface area contributed by atoms with Crippen molar-refractivity contribution >= 4 is 41.6 Å². The normalized spacial score (nSPS) is 16.1. The molecule has 184 valence electrons.